The van der Waals surface area contributed by atoms with E-state index in [4.69, 9.17) is 19.0 Å². The summed E-state index contributed by atoms with van der Waals surface area (Å²) in [7, 11) is -0.495. The van der Waals surface area contributed by atoms with Crippen LogP contribution in [0.2, 0.25) is 0 Å². The van der Waals surface area contributed by atoms with E-state index >= 15 is 0 Å². The van der Waals surface area contributed by atoms with Crippen LogP contribution in [0.5, 0.6) is 0 Å². The molecule has 0 unspecified atom stereocenters. The van der Waals surface area contributed by atoms with Crippen molar-refractivity contribution in [2.75, 3.05) is 0 Å². The summed E-state index contributed by atoms with van der Waals surface area (Å²) in [6.07, 6.45) is 1.66. The van der Waals surface area contributed by atoms with E-state index in [1.807, 2.05) is 40.7 Å². The number of nitriles is 1. The van der Waals surface area contributed by atoms with Crippen LogP contribution in [-0.4, -0.2) is 24.5 Å². The molecule has 5 nitrogen and oxygen atoms in total. The number of aryl methyl sites for hydroxylation is 1. The predicted octanol–water partition coefficient (Wildman–Crippen LogP) is 3.51. The fraction of sp³-hybridized carbons (Fsp3) is 0.368. The van der Waals surface area contributed by atoms with Crippen LogP contribution in [0.4, 0.5) is 5.69 Å². The highest BCUT2D eigenvalue weighted by molar-refractivity contribution is 6.63. The number of nitrogens with zero attached hydrogens (tertiary/aromatic N) is 2. The molecule has 6 heteroatoms. The minimum atomic E-state index is -0.495. The molecule has 0 saturated carbocycles. The molecule has 2 heterocycles. The fourth-order valence-corrected chi connectivity index (χ4v) is 2.56. The zero-order valence-electron chi connectivity index (χ0n) is 15.2. The Bertz CT molecular complexity index is 829. The summed E-state index contributed by atoms with van der Waals surface area (Å²) in [5.74, 6) is 1.38. The first-order chi connectivity index (χ1) is 11.7. The van der Waals surface area contributed by atoms with Crippen molar-refractivity contribution < 1.29 is 13.7 Å². The normalized spacial score (nSPS) is 18.6. The van der Waals surface area contributed by atoms with Crippen LogP contribution in [0.25, 0.3) is 0 Å². The Labute approximate surface area is 148 Å². The summed E-state index contributed by atoms with van der Waals surface area (Å²) < 4.78 is 18.0. The van der Waals surface area contributed by atoms with Gasteiger partial charge in [0.05, 0.1) is 34.7 Å². The Kier molecular flexibility index (Phi) is 4.32. The van der Waals surface area contributed by atoms with E-state index in [0.29, 0.717) is 11.3 Å². The maximum Gasteiger partial charge on any atom is 0.498 e. The summed E-state index contributed by atoms with van der Waals surface area (Å²) in [6, 6.07) is 11.1. The monoisotopic (exact) mass is 336 g/mol. The lowest BCUT2D eigenvalue weighted by Gasteiger charge is -2.32. The van der Waals surface area contributed by atoms with Crippen LogP contribution in [-0.2, 0) is 9.31 Å². The van der Waals surface area contributed by atoms with Gasteiger partial charge in [-0.3, -0.25) is 4.99 Å². The van der Waals surface area contributed by atoms with Gasteiger partial charge in [0, 0.05) is 5.46 Å². The molecular formula is C19H21BN2O3. The molecule has 1 aliphatic rings. The molecule has 0 spiro atoms. The number of rotatable bonds is 3. The second-order valence-corrected chi connectivity index (χ2v) is 7.18. The number of benzene rings is 1. The lowest BCUT2D eigenvalue weighted by atomic mass is 9.79. The van der Waals surface area contributed by atoms with Gasteiger partial charge in [0.2, 0.25) is 0 Å². The summed E-state index contributed by atoms with van der Waals surface area (Å²) in [5.41, 5.74) is 1.35. The van der Waals surface area contributed by atoms with Gasteiger partial charge in [-0.15, -0.1) is 0 Å². The highest BCUT2D eigenvalue weighted by Gasteiger charge is 2.52. The molecule has 0 bridgehead atoms. The van der Waals surface area contributed by atoms with Gasteiger partial charge in [-0.05, 0) is 65.0 Å². The topological polar surface area (TPSA) is 67.8 Å². The third-order valence-corrected chi connectivity index (χ3v) is 4.75. The standard InChI is InChI=1S/C19H21BN2O3/c1-13-10-16(20-24-18(2,3)19(4,5)25-20)17(23-13)12-22-15-8-6-14(11-21)7-9-15/h6-10,12H,1-5H3. The molecule has 0 N–H and O–H groups in total. The van der Waals surface area contributed by atoms with E-state index in [-0.39, 0.29) is 0 Å². The number of furan rings is 1. The minimum absolute atomic E-state index is 0.412. The van der Waals surface area contributed by atoms with Crippen molar-refractivity contribution >= 4 is 24.5 Å². The van der Waals surface area contributed by atoms with Gasteiger partial charge in [0.15, 0.2) is 0 Å². The first-order valence-corrected chi connectivity index (χ1v) is 8.22. The molecule has 1 aromatic heterocycles. The van der Waals surface area contributed by atoms with Crippen LogP contribution in [0, 0.1) is 18.3 Å². The molecule has 3 rings (SSSR count). The maximum absolute atomic E-state index is 8.85. The largest absolute Gasteiger partial charge is 0.498 e. The molecule has 25 heavy (non-hydrogen) atoms. The van der Waals surface area contributed by atoms with E-state index in [1.165, 1.54) is 0 Å². The van der Waals surface area contributed by atoms with Gasteiger partial charge in [-0.2, -0.15) is 5.26 Å². The predicted molar refractivity (Wildman–Crippen MR) is 97.6 cm³/mol. The van der Waals surface area contributed by atoms with Gasteiger partial charge < -0.3 is 13.7 Å². The molecule has 1 aromatic carbocycles. The van der Waals surface area contributed by atoms with E-state index < -0.39 is 18.3 Å². The average Bonchev–Trinajstić information content (AvgIpc) is 3.02. The molecule has 2 aromatic rings. The third-order valence-electron chi connectivity index (χ3n) is 4.75. The van der Waals surface area contributed by atoms with Gasteiger partial charge in [0.1, 0.15) is 11.5 Å². The second kappa shape index (κ2) is 6.18. The fourth-order valence-electron chi connectivity index (χ4n) is 2.56. The van der Waals surface area contributed by atoms with Gasteiger partial charge in [-0.1, -0.05) is 0 Å². The number of hydrogen-bond donors (Lipinski definition) is 0. The molecule has 128 valence electrons. The quantitative estimate of drug-likeness (QED) is 0.635. The Morgan fingerprint density at radius 2 is 1.68 bits per heavy atom. The highest BCUT2D eigenvalue weighted by atomic mass is 16.7. The Balaban J connectivity index is 1.87. The van der Waals surface area contributed by atoms with Crippen molar-refractivity contribution in [2.45, 2.75) is 45.8 Å². The van der Waals surface area contributed by atoms with Gasteiger partial charge in [0.25, 0.3) is 0 Å². The first-order valence-electron chi connectivity index (χ1n) is 8.22. The Morgan fingerprint density at radius 3 is 2.24 bits per heavy atom. The van der Waals surface area contributed by atoms with Crippen molar-refractivity contribution in [3.8, 4) is 6.07 Å². The van der Waals surface area contributed by atoms with Crippen LogP contribution < -0.4 is 5.46 Å². The van der Waals surface area contributed by atoms with E-state index in [9.17, 15) is 0 Å². The SMILES string of the molecule is Cc1cc(B2OC(C)(C)C(C)(C)O2)c(C=Nc2ccc(C#N)cc2)o1. The van der Waals surface area contributed by atoms with Crippen LogP contribution in [0.1, 0.15) is 44.8 Å². The Morgan fingerprint density at radius 1 is 1.08 bits per heavy atom. The van der Waals surface area contributed by atoms with Crippen molar-refractivity contribution in [1.29, 1.82) is 5.26 Å². The Hall–Kier alpha value is -2.36. The molecule has 0 aliphatic carbocycles. The highest BCUT2D eigenvalue weighted by Crippen LogP contribution is 2.36. The van der Waals surface area contributed by atoms with Gasteiger partial charge in [-0.25, -0.2) is 0 Å². The maximum atomic E-state index is 8.85. The zero-order chi connectivity index (χ0) is 18.2. The van der Waals surface area contributed by atoms with Crippen LogP contribution in [0.15, 0.2) is 39.7 Å². The van der Waals surface area contributed by atoms with E-state index in [0.717, 1.165) is 16.9 Å². The summed E-state index contributed by atoms with van der Waals surface area (Å²) in [4.78, 5) is 4.43. The molecular weight excluding hydrogens is 315 g/mol. The zero-order valence-corrected chi connectivity index (χ0v) is 15.2. The lowest BCUT2D eigenvalue weighted by Crippen LogP contribution is -2.41. The average molecular weight is 336 g/mol. The number of hydrogen-bond acceptors (Lipinski definition) is 5. The van der Waals surface area contributed by atoms with Crippen molar-refractivity contribution in [3.63, 3.8) is 0 Å². The smallest absolute Gasteiger partial charge is 0.461 e. The first kappa shape index (κ1) is 17.5. The molecule has 1 fully saturated rings. The third kappa shape index (κ3) is 3.39. The van der Waals surface area contributed by atoms with Gasteiger partial charge >= 0.3 is 7.12 Å². The minimum Gasteiger partial charge on any atom is -0.461 e. The molecule has 1 saturated heterocycles. The van der Waals surface area contributed by atoms with Crippen molar-refractivity contribution in [3.05, 3.63) is 47.4 Å². The molecule has 1 aliphatic heterocycles. The summed E-state index contributed by atoms with van der Waals surface area (Å²) >= 11 is 0. The second-order valence-electron chi connectivity index (χ2n) is 7.18. The van der Waals surface area contributed by atoms with Crippen molar-refractivity contribution in [2.24, 2.45) is 4.99 Å². The van der Waals surface area contributed by atoms with E-state index in [1.54, 1.807) is 30.5 Å². The number of aliphatic imine (C=N–C) groups is 1. The molecule has 0 atom stereocenters. The van der Waals surface area contributed by atoms with Crippen LogP contribution >= 0.6 is 0 Å². The van der Waals surface area contributed by atoms with Crippen LogP contribution in [0.3, 0.4) is 0 Å². The van der Waals surface area contributed by atoms with Crippen molar-refractivity contribution in [1.82, 2.24) is 0 Å². The lowest BCUT2D eigenvalue weighted by molar-refractivity contribution is 0.00578. The summed E-state index contributed by atoms with van der Waals surface area (Å²) in [5, 5.41) is 8.85. The molecule has 0 radical (unpaired) electrons. The summed E-state index contributed by atoms with van der Waals surface area (Å²) in [6.45, 7) is 9.96. The molecule has 0 amide bonds. The van der Waals surface area contributed by atoms with E-state index in [2.05, 4.69) is 11.1 Å².